The quantitative estimate of drug-likeness (QED) is 0.390. The van der Waals surface area contributed by atoms with E-state index in [2.05, 4.69) is 15.4 Å². The molecule has 0 bridgehead atoms. The maximum Gasteiger partial charge on any atom is 0.416 e. The summed E-state index contributed by atoms with van der Waals surface area (Å²) in [7, 11) is 1.52. The summed E-state index contributed by atoms with van der Waals surface area (Å²) in [5.41, 5.74) is -3.71. The van der Waals surface area contributed by atoms with Gasteiger partial charge < -0.3 is 24.0 Å². The summed E-state index contributed by atoms with van der Waals surface area (Å²) in [6.45, 7) is 1.29. The number of aromatic nitrogens is 4. The van der Waals surface area contributed by atoms with Crippen molar-refractivity contribution in [3.05, 3.63) is 29.3 Å². The Morgan fingerprint density at radius 2 is 1.43 bits per heavy atom. The van der Waals surface area contributed by atoms with Crippen LogP contribution in [0.4, 0.5) is 35.9 Å². The molecule has 2 heterocycles. The molecule has 0 radical (unpaired) electrons. The molecule has 37 heavy (non-hydrogen) atoms. The van der Waals surface area contributed by atoms with Gasteiger partial charge in [0, 0.05) is 38.9 Å². The van der Waals surface area contributed by atoms with Crippen molar-refractivity contribution in [2.75, 3.05) is 59.7 Å². The summed E-state index contributed by atoms with van der Waals surface area (Å²) >= 11 is 0. The van der Waals surface area contributed by atoms with Crippen molar-refractivity contribution in [2.45, 2.75) is 12.4 Å². The molecule has 2 aromatic rings. The molecular weight excluding hydrogens is 518 g/mol. The molecule has 1 aromatic heterocycles. The number of carbonyl (C=O) groups is 2. The Bertz CT molecular complexity index is 1050. The van der Waals surface area contributed by atoms with E-state index >= 15 is 0 Å². The Morgan fingerprint density at radius 3 is 2.00 bits per heavy atom. The number of alkyl halides is 6. The van der Waals surface area contributed by atoms with Crippen LogP contribution >= 0.6 is 0 Å². The van der Waals surface area contributed by atoms with Gasteiger partial charge in [0.2, 0.25) is 5.82 Å². The minimum absolute atomic E-state index is 0.0267. The number of methoxy groups -OCH3 is 1. The highest BCUT2D eigenvalue weighted by molar-refractivity contribution is 5.76. The largest absolute Gasteiger partial charge is 0.447 e. The number of ether oxygens (including phenoxy) is 3. The number of piperazine rings is 1. The van der Waals surface area contributed by atoms with E-state index < -0.39 is 47.0 Å². The average Bonchev–Trinajstić information content (AvgIpc) is 3.35. The maximum absolute atomic E-state index is 13.1. The smallest absolute Gasteiger partial charge is 0.416 e. The molecule has 2 amide bonds. The van der Waals surface area contributed by atoms with Crippen LogP contribution in [0.1, 0.15) is 11.1 Å². The van der Waals surface area contributed by atoms with Gasteiger partial charge in [-0.2, -0.15) is 26.3 Å². The first kappa shape index (κ1) is 28.1. The van der Waals surface area contributed by atoms with Crippen LogP contribution in [-0.2, 0) is 26.6 Å². The zero-order chi connectivity index (χ0) is 27.2. The van der Waals surface area contributed by atoms with Crippen molar-refractivity contribution >= 4 is 12.1 Å². The second-order valence-electron chi connectivity index (χ2n) is 7.67. The van der Waals surface area contributed by atoms with Gasteiger partial charge in [-0.15, -0.1) is 10.2 Å². The molecule has 11 nitrogen and oxygen atoms in total. The Balaban J connectivity index is 1.61. The topological polar surface area (TPSA) is 112 Å². The van der Waals surface area contributed by atoms with E-state index in [9.17, 15) is 35.9 Å². The first-order chi connectivity index (χ1) is 17.4. The Morgan fingerprint density at radius 1 is 0.865 bits per heavy atom. The fourth-order valence-electron chi connectivity index (χ4n) is 3.23. The van der Waals surface area contributed by atoms with Crippen LogP contribution in [0.5, 0.6) is 0 Å². The molecule has 0 N–H and O–H groups in total. The van der Waals surface area contributed by atoms with Gasteiger partial charge in [0.25, 0.3) is 0 Å². The summed E-state index contributed by atoms with van der Waals surface area (Å²) in [5.74, 6) is -0.597. The van der Waals surface area contributed by atoms with Crippen LogP contribution in [0.2, 0.25) is 0 Å². The maximum atomic E-state index is 13.1. The molecule has 0 spiro atoms. The lowest BCUT2D eigenvalue weighted by Crippen LogP contribution is -2.52. The summed E-state index contributed by atoms with van der Waals surface area (Å²) in [4.78, 5) is 27.9. The van der Waals surface area contributed by atoms with Crippen molar-refractivity contribution in [3.63, 3.8) is 0 Å². The van der Waals surface area contributed by atoms with Crippen molar-refractivity contribution in [1.82, 2.24) is 30.0 Å². The first-order valence-electron chi connectivity index (χ1n) is 10.8. The second kappa shape index (κ2) is 11.7. The van der Waals surface area contributed by atoms with Crippen LogP contribution in [0.3, 0.4) is 0 Å². The van der Waals surface area contributed by atoms with Crippen molar-refractivity contribution < 1.29 is 50.1 Å². The minimum Gasteiger partial charge on any atom is -0.447 e. The Labute approximate surface area is 205 Å². The van der Waals surface area contributed by atoms with Gasteiger partial charge in [-0.05, 0) is 23.4 Å². The summed E-state index contributed by atoms with van der Waals surface area (Å²) < 4.78 is 93.7. The van der Waals surface area contributed by atoms with Crippen LogP contribution in [0, 0.1) is 0 Å². The number of benzene rings is 1. The molecule has 0 unspecified atom stereocenters. The zero-order valence-corrected chi connectivity index (χ0v) is 19.4. The van der Waals surface area contributed by atoms with Gasteiger partial charge in [0.15, 0.2) is 0 Å². The van der Waals surface area contributed by atoms with Crippen LogP contribution in [0.25, 0.3) is 11.4 Å². The fourth-order valence-corrected chi connectivity index (χ4v) is 3.23. The standard InChI is InChI=1S/C20H22F6N6O5/c1-35-6-7-36-8-9-37-18(34)31-4-2-30(3-5-31)17(33)32-28-16(27-29-32)13-10-14(19(21,22)23)12-15(11-13)20(24,25)26/h10-12H,2-9H2,1H3. The molecule has 0 atom stereocenters. The average molecular weight is 540 g/mol. The lowest BCUT2D eigenvalue weighted by Gasteiger charge is -2.33. The van der Waals surface area contributed by atoms with E-state index in [0.29, 0.717) is 30.1 Å². The van der Waals surface area contributed by atoms with Gasteiger partial charge in [0.05, 0.1) is 30.9 Å². The van der Waals surface area contributed by atoms with Crippen LogP contribution in [0.15, 0.2) is 18.2 Å². The molecule has 1 aliphatic heterocycles. The van der Waals surface area contributed by atoms with E-state index in [1.165, 1.54) is 16.9 Å². The van der Waals surface area contributed by atoms with E-state index in [0.717, 1.165) is 0 Å². The first-order valence-corrected chi connectivity index (χ1v) is 10.8. The fraction of sp³-hybridized carbons (Fsp3) is 0.550. The molecule has 1 saturated heterocycles. The van der Waals surface area contributed by atoms with Gasteiger partial charge in [0.1, 0.15) is 6.61 Å². The number of hydrogen-bond donors (Lipinski definition) is 0. The molecule has 1 aromatic carbocycles. The number of carbonyl (C=O) groups excluding carboxylic acids is 2. The number of amides is 2. The summed E-state index contributed by atoms with van der Waals surface area (Å²) in [6, 6.07) is 0.0292. The highest BCUT2D eigenvalue weighted by atomic mass is 19.4. The van der Waals surface area contributed by atoms with Crippen molar-refractivity contribution in [3.8, 4) is 11.4 Å². The van der Waals surface area contributed by atoms with Gasteiger partial charge in [-0.25, -0.2) is 9.59 Å². The second-order valence-corrected chi connectivity index (χ2v) is 7.67. The Hall–Kier alpha value is -3.47. The lowest BCUT2D eigenvalue weighted by molar-refractivity contribution is -0.143. The third-order valence-electron chi connectivity index (χ3n) is 5.12. The molecular formula is C20H22F6N6O5. The Kier molecular flexibility index (Phi) is 8.90. The summed E-state index contributed by atoms with van der Waals surface area (Å²) in [6.07, 6.45) is -10.7. The molecule has 17 heteroatoms. The van der Waals surface area contributed by atoms with E-state index in [1.54, 1.807) is 0 Å². The van der Waals surface area contributed by atoms with Crippen LogP contribution < -0.4 is 0 Å². The van der Waals surface area contributed by atoms with Gasteiger partial charge >= 0.3 is 24.5 Å². The molecule has 3 rings (SSSR count). The molecule has 204 valence electrons. The predicted molar refractivity (Wildman–Crippen MR) is 111 cm³/mol. The predicted octanol–water partition coefficient (Wildman–Crippen LogP) is 2.76. The number of hydrogen-bond acceptors (Lipinski definition) is 8. The number of tetrazole rings is 1. The van der Waals surface area contributed by atoms with Crippen LogP contribution in [-0.4, -0.2) is 102 Å². The number of rotatable bonds is 7. The number of nitrogens with zero attached hydrogens (tertiary/aromatic N) is 6. The third-order valence-corrected chi connectivity index (χ3v) is 5.12. The SMILES string of the molecule is COCCOCCOC(=O)N1CCN(C(=O)n2nnc(-c3cc(C(F)(F)F)cc(C(F)(F)F)c3)n2)CC1. The highest BCUT2D eigenvalue weighted by Crippen LogP contribution is 2.37. The van der Waals surface area contributed by atoms with Gasteiger partial charge in [-0.1, -0.05) is 4.80 Å². The minimum atomic E-state index is -5.06. The van der Waals surface area contributed by atoms with Gasteiger partial charge in [-0.3, -0.25) is 0 Å². The number of halogens is 6. The van der Waals surface area contributed by atoms with Crippen molar-refractivity contribution in [2.24, 2.45) is 0 Å². The van der Waals surface area contributed by atoms with Crippen molar-refractivity contribution in [1.29, 1.82) is 0 Å². The molecule has 1 fully saturated rings. The third kappa shape index (κ3) is 7.51. The normalized spacial score (nSPS) is 14.7. The monoisotopic (exact) mass is 540 g/mol. The molecule has 0 aliphatic carbocycles. The summed E-state index contributed by atoms with van der Waals surface area (Å²) in [5, 5.41) is 10.6. The van der Waals surface area contributed by atoms with E-state index in [1.807, 2.05) is 0 Å². The van der Waals surface area contributed by atoms with E-state index in [-0.39, 0.29) is 45.5 Å². The molecule has 0 saturated carbocycles. The lowest BCUT2D eigenvalue weighted by atomic mass is 10.0. The zero-order valence-electron chi connectivity index (χ0n) is 19.4. The van der Waals surface area contributed by atoms with E-state index in [4.69, 9.17) is 14.2 Å². The highest BCUT2D eigenvalue weighted by Gasteiger charge is 2.37. The molecule has 1 aliphatic rings.